The van der Waals surface area contributed by atoms with Crippen molar-refractivity contribution >= 4 is 22.7 Å². The summed E-state index contributed by atoms with van der Waals surface area (Å²) in [5.74, 6) is -0.293. The predicted octanol–water partition coefficient (Wildman–Crippen LogP) is 4.52. The van der Waals surface area contributed by atoms with Crippen LogP contribution in [0.15, 0.2) is 66.7 Å². The number of urea groups is 1. The van der Waals surface area contributed by atoms with Crippen molar-refractivity contribution in [2.45, 2.75) is 19.1 Å². The molecule has 2 saturated heterocycles. The Morgan fingerprint density at radius 2 is 1.85 bits per heavy atom. The Bertz CT molecular complexity index is 1350. The number of piperidine rings is 1. The Labute approximate surface area is 231 Å². The van der Waals surface area contributed by atoms with Gasteiger partial charge in [0.25, 0.3) is 0 Å². The van der Waals surface area contributed by atoms with E-state index in [0.717, 1.165) is 28.5 Å². The van der Waals surface area contributed by atoms with Crippen molar-refractivity contribution in [3.05, 3.63) is 77.9 Å². The SMILES string of the molecule is O=C(NCCN1CCNC1=O)[C@@H]1C[C@H](COc2cccc(C(F)(F)F)c2)CN(Cc2ccc3ccccc3c2)C1. The van der Waals surface area contributed by atoms with Crippen LogP contribution in [-0.2, 0) is 17.5 Å². The Kier molecular flexibility index (Phi) is 8.44. The lowest BCUT2D eigenvalue weighted by molar-refractivity contribution is -0.137. The fourth-order valence-electron chi connectivity index (χ4n) is 5.50. The molecule has 0 spiro atoms. The average molecular weight is 555 g/mol. The number of benzene rings is 3. The second-order valence-electron chi connectivity index (χ2n) is 10.5. The molecule has 5 rings (SSSR count). The molecule has 2 aliphatic heterocycles. The fraction of sp³-hybridized carbons (Fsp3) is 0.400. The third-order valence-corrected chi connectivity index (χ3v) is 7.48. The van der Waals surface area contributed by atoms with Crippen LogP contribution in [0.25, 0.3) is 10.8 Å². The van der Waals surface area contributed by atoms with Crippen LogP contribution in [0, 0.1) is 11.8 Å². The van der Waals surface area contributed by atoms with Crippen molar-refractivity contribution in [3.8, 4) is 5.75 Å². The number of nitrogens with one attached hydrogen (secondary N) is 2. The van der Waals surface area contributed by atoms with Gasteiger partial charge in [-0.15, -0.1) is 0 Å². The first kappa shape index (κ1) is 27.8. The molecule has 0 saturated carbocycles. The maximum Gasteiger partial charge on any atom is 0.416 e. The first-order valence-corrected chi connectivity index (χ1v) is 13.6. The largest absolute Gasteiger partial charge is 0.493 e. The molecule has 40 heavy (non-hydrogen) atoms. The fourth-order valence-corrected chi connectivity index (χ4v) is 5.50. The van der Waals surface area contributed by atoms with E-state index in [4.69, 9.17) is 4.74 Å². The smallest absolute Gasteiger partial charge is 0.416 e. The van der Waals surface area contributed by atoms with Gasteiger partial charge >= 0.3 is 12.2 Å². The van der Waals surface area contributed by atoms with Crippen molar-refractivity contribution in [1.29, 1.82) is 0 Å². The Balaban J connectivity index is 1.25. The highest BCUT2D eigenvalue weighted by atomic mass is 19.4. The first-order chi connectivity index (χ1) is 19.2. The van der Waals surface area contributed by atoms with E-state index in [1.807, 2.05) is 12.1 Å². The summed E-state index contributed by atoms with van der Waals surface area (Å²) >= 11 is 0. The zero-order chi connectivity index (χ0) is 28.1. The Morgan fingerprint density at radius 3 is 2.62 bits per heavy atom. The lowest BCUT2D eigenvalue weighted by atomic mass is 9.88. The number of halogens is 3. The second-order valence-corrected chi connectivity index (χ2v) is 10.5. The van der Waals surface area contributed by atoms with Crippen LogP contribution in [-0.4, -0.2) is 67.6 Å². The molecule has 212 valence electrons. The lowest BCUT2D eigenvalue weighted by Crippen LogP contribution is -2.48. The van der Waals surface area contributed by atoms with Gasteiger partial charge in [0, 0.05) is 51.7 Å². The number of carbonyl (C=O) groups excluding carboxylic acids is 2. The monoisotopic (exact) mass is 554 g/mol. The van der Waals surface area contributed by atoms with E-state index in [0.29, 0.717) is 52.2 Å². The topological polar surface area (TPSA) is 73.9 Å². The van der Waals surface area contributed by atoms with E-state index in [9.17, 15) is 22.8 Å². The molecule has 0 aliphatic carbocycles. The minimum atomic E-state index is -4.44. The van der Waals surface area contributed by atoms with Crippen LogP contribution in [0.5, 0.6) is 5.75 Å². The summed E-state index contributed by atoms with van der Waals surface area (Å²) in [5.41, 5.74) is 0.368. The maximum absolute atomic E-state index is 13.2. The van der Waals surface area contributed by atoms with E-state index in [1.54, 1.807) is 4.90 Å². The highest BCUT2D eigenvalue weighted by Crippen LogP contribution is 2.32. The maximum atomic E-state index is 13.2. The van der Waals surface area contributed by atoms with Gasteiger partial charge in [-0.3, -0.25) is 9.69 Å². The number of nitrogens with zero attached hydrogens (tertiary/aromatic N) is 2. The molecule has 3 aromatic carbocycles. The minimum Gasteiger partial charge on any atom is -0.493 e. The summed E-state index contributed by atoms with van der Waals surface area (Å²) in [6, 6.07) is 19.2. The molecule has 2 heterocycles. The average Bonchev–Trinajstić information content (AvgIpc) is 3.35. The number of ether oxygens (including phenoxy) is 1. The normalized spacial score (nSPS) is 20.0. The molecule has 0 radical (unpaired) electrons. The number of likely N-dealkylation sites (tertiary alicyclic amines) is 1. The number of carbonyl (C=O) groups is 2. The van der Waals surface area contributed by atoms with Crippen LogP contribution >= 0.6 is 0 Å². The predicted molar refractivity (Wildman–Crippen MR) is 146 cm³/mol. The summed E-state index contributed by atoms with van der Waals surface area (Å²) in [6.07, 6.45) is -3.89. The van der Waals surface area contributed by atoms with Gasteiger partial charge in [0.15, 0.2) is 0 Å². The zero-order valence-electron chi connectivity index (χ0n) is 22.1. The molecule has 2 atom stereocenters. The lowest BCUT2D eigenvalue weighted by Gasteiger charge is -2.37. The first-order valence-electron chi connectivity index (χ1n) is 13.6. The molecule has 3 aromatic rings. The molecular weight excluding hydrogens is 521 g/mol. The number of hydrogen-bond acceptors (Lipinski definition) is 4. The summed E-state index contributed by atoms with van der Waals surface area (Å²) in [4.78, 5) is 28.8. The van der Waals surface area contributed by atoms with E-state index in [2.05, 4.69) is 45.9 Å². The van der Waals surface area contributed by atoms with Crippen LogP contribution in [0.4, 0.5) is 18.0 Å². The third-order valence-electron chi connectivity index (χ3n) is 7.48. The van der Waals surface area contributed by atoms with Crippen molar-refractivity contribution in [2.75, 3.05) is 45.9 Å². The van der Waals surface area contributed by atoms with Crippen LogP contribution in [0.1, 0.15) is 17.5 Å². The molecule has 10 heteroatoms. The molecular formula is C30H33F3N4O3. The number of fused-ring (bicyclic) bond motifs is 1. The number of hydrogen-bond donors (Lipinski definition) is 2. The minimum absolute atomic E-state index is 0.0520. The summed E-state index contributed by atoms with van der Waals surface area (Å²) in [7, 11) is 0. The highest BCUT2D eigenvalue weighted by molar-refractivity contribution is 5.83. The Morgan fingerprint density at radius 1 is 1.02 bits per heavy atom. The van der Waals surface area contributed by atoms with Gasteiger partial charge in [-0.2, -0.15) is 13.2 Å². The van der Waals surface area contributed by atoms with E-state index in [-0.39, 0.29) is 36.1 Å². The van der Waals surface area contributed by atoms with Gasteiger partial charge in [-0.25, -0.2) is 4.79 Å². The van der Waals surface area contributed by atoms with Crippen molar-refractivity contribution < 1.29 is 27.5 Å². The number of rotatable bonds is 9. The van der Waals surface area contributed by atoms with Gasteiger partial charge < -0.3 is 20.3 Å². The van der Waals surface area contributed by atoms with Crippen LogP contribution in [0.2, 0.25) is 0 Å². The zero-order valence-corrected chi connectivity index (χ0v) is 22.1. The summed E-state index contributed by atoms with van der Waals surface area (Å²) in [6.45, 7) is 4.08. The summed E-state index contributed by atoms with van der Waals surface area (Å²) in [5, 5.41) is 8.02. The molecule has 0 aromatic heterocycles. The standard InChI is InChI=1S/C30H33F3N4O3/c31-30(32,33)26-6-3-7-27(16-26)40-20-22-15-25(28(38)34-10-12-37-13-11-35-29(37)39)19-36(18-22)17-21-8-9-23-4-1-2-5-24(23)14-21/h1-9,14,16,22,25H,10-13,15,17-20H2,(H,34,38)(H,35,39)/t22-,25+/m0/s1. The van der Waals surface area contributed by atoms with Crippen molar-refractivity contribution in [3.63, 3.8) is 0 Å². The van der Waals surface area contributed by atoms with Gasteiger partial charge in [0.05, 0.1) is 18.1 Å². The summed E-state index contributed by atoms with van der Waals surface area (Å²) < 4.78 is 45.3. The molecule has 3 amide bonds. The molecule has 2 fully saturated rings. The second kappa shape index (κ2) is 12.2. The molecule has 0 unspecified atom stereocenters. The van der Waals surface area contributed by atoms with Gasteiger partial charge in [-0.05, 0) is 47.0 Å². The van der Waals surface area contributed by atoms with Gasteiger partial charge in [0.2, 0.25) is 5.91 Å². The number of amides is 3. The molecule has 0 bridgehead atoms. The highest BCUT2D eigenvalue weighted by Gasteiger charge is 2.33. The van der Waals surface area contributed by atoms with Gasteiger partial charge in [0.1, 0.15) is 5.75 Å². The van der Waals surface area contributed by atoms with Gasteiger partial charge in [-0.1, -0.05) is 42.5 Å². The molecule has 2 aliphatic rings. The molecule has 7 nitrogen and oxygen atoms in total. The van der Waals surface area contributed by atoms with Crippen LogP contribution in [0.3, 0.4) is 0 Å². The third kappa shape index (κ3) is 7.04. The van der Waals surface area contributed by atoms with Crippen molar-refractivity contribution in [2.24, 2.45) is 11.8 Å². The quantitative estimate of drug-likeness (QED) is 0.408. The molecule has 2 N–H and O–H groups in total. The Hall–Kier alpha value is -3.79. The van der Waals surface area contributed by atoms with E-state index < -0.39 is 11.7 Å². The van der Waals surface area contributed by atoms with E-state index in [1.165, 1.54) is 12.1 Å². The van der Waals surface area contributed by atoms with Crippen molar-refractivity contribution in [1.82, 2.24) is 20.4 Å². The van der Waals surface area contributed by atoms with Crippen LogP contribution < -0.4 is 15.4 Å². The van der Waals surface area contributed by atoms with E-state index >= 15 is 0 Å². The number of alkyl halides is 3.